The summed E-state index contributed by atoms with van der Waals surface area (Å²) >= 11 is 0. The van der Waals surface area contributed by atoms with Crippen molar-refractivity contribution >= 4 is 0 Å². The van der Waals surface area contributed by atoms with Gasteiger partial charge in [0.05, 0.1) is 0 Å². The summed E-state index contributed by atoms with van der Waals surface area (Å²) in [4.78, 5) is 0. The molecule has 0 spiro atoms. The van der Waals surface area contributed by atoms with Crippen molar-refractivity contribution in [2.24, 2.45) is 0 Å². The molecule has 1 aliphatic rings. The molecular formula is C13H14. The number of allylic oxidation sites excluding steroid dienone is 12. The van der Waals surface area contributed by atoms with Crippen LogP contribution in [0, 0.1) is 0 Å². The normalized spacial score (nSPS) is 28.9. The van der Waals surface area contributed by atoms with Crippen LogP contribution in [-0.2, 0) is 0 Å². The molecule has 0 heterocycles. The summed E-state index contributed by atoms with van der Waals surface area (Å²) in [5.41, 5.74) is 0. The van der Waals surface area contributed by atoms with Gasteiger partial charge < -0.3 is 0 Å². The van der Waals surface area contributed by atoms with Crippen molar-refractivity contribution in [1.82, 2.24) is 0 Å². The van der Waals surface area contributed by atoms with Gasteiger partial charge in [-0.15, -0.1) is 0 Å². The lowest BCUT2D eigenvalue weighted by Crippen LogP contribution is -1.56. The van der Waals surface area contributed by atoms with Gasteiger partial charge in [0.25, 0.3) is 0 Å². The van der Waals surface area contributed by atoms with E-state index in [-0.39, 0.29) is 0 Å². The molecule has 1 aliphatic carbocycles. The Morgan fingerprint density at radius 2 is 0.692 bits per heavy atom. The average molecular weight is 170 g/mol. The number of rotatable bonds is 0. The lowest BCUT2D eigenvalue weighted by molar-refractivity contribution is 1.39. The van der Waals surface area contributed by atoms with E-state index in [4.69, 9.17) is 0 Å². The van der Waals surface area contributed by atoms with Crippen LogP contribution in [0.5, 0.6) is 0 Å². The van der Waals surface area contributed by atoms with Gasteiger partial charge in [-0.3, -0.25) is 0 Å². The summed E-state index contributed by atoms with van der Waals surface area (Å²) in [6.07, 6.45) is 25.5. The molecule has 0 aliphatic heterocycles. The van der Waals surface area contributed by atoms with Gasteiger partial charge in [-0.05, 0) is 6.42 Å². The van der Waals surface area contributed by atoms with Crippen molar-refractivity contribution in [2.45, 2.75) is 6.42 Å². The number of hydrogen-bond donors (Lipinski definition) is 0. The average Bonchev–Trinajstić information content (AvgIpc) is 2.18. The Labute approximate surface area is 80.0 Å². The van der Waals surface area contributed by atoms with Crippen LogP contribution in [0.1, 0.15) is 6.42 Å². The van der Waals surface area contributed by atoms with Gasteiger partial charge in [0, 0.05) is 0 Å². The molecule has 0 fully saturated rings. The molecule has 0 amide bonds. The molecule has 0 radical (unpaired) electrons. The molecule has 13 heavy (non-hydrogen) atoms. The molecule has 66 valence electrons. The first kappa shape index (κ1) is 9.53. The molecule has 0 aromatic rings. The van der Waals surface area contributed by atoms with Crippen LogP contribution in [0.3, 0.4) is 0 Å². The number of hydrogen-bond acceptors (Lipinski definition) is 0. The summed E-state index contributed by atoms with van der Waals surface area (Å²) in [7, 11) is 0. The van der Waals surface area contributed by atoms with Gasteiger partial charge in [0.15, 0.2) is 0 Å². The molecule has 0 saturated heterocycles. The minimum absolute atomic E-state index is 0.988. The van der Waals surface area contributed by atoms with Gasteiger partial charge in [-0.2, -0.15) is 0 Å². The van der Waals surface area contributed by atoms with Crippen LogP contribution in [0.4, 0.5) is 0 Å². The molecule has 1 rings (SSSR count). The van der Waals surface area contributed by atoms with Crippen LogP contribution in [0.15, 0.2) is 72.9 Å². The van der Waals surface area contributed by atoms with Crippen molar-refractivity contribution in [3.8, 4) is 0 Å². The molecule has 0 aromatic heterocycles. The van der Waals surface area contributed by atoms with Gasteiger partial charge in [0.2, 0.25) is 0 Å². The summed E-state index contributed by atoms with van der Waals surface area (Å²) in [6, 6.07) is 0. The van der Waals surface area contributed by atoms with E-state index in [9.17, 15) is 0 Å². The first-order chi connectivity index (χ1) is 6.50. The molecule has 0 atom stereocenters. The smallest absolute Gasteiger partial charge is 0.0163 e. The second-order valence-electron chi connectivity index (χ2n) is 2.63. The molecule has 0 nitrogen and oxygen atoms in total. The molecule has 0 saturated carbocycles. The third-order valence-electron chi connectivity index (χ3n) is 1.54. The van der Waals surface area contributed by atoms with Crippen molar-refractivity contribution < 1.29 is 0 Å². The highest BCUT2D eigenvalue weighted by atomic mass is 13.8. The molecular weight excluding hydrogens is 156 g/mol. The molecule has 0 heteroatoms. The third kappa shape index (κ3) is 5.68. The standard InChI is InChI=1S/C13H14/c1-2-4-6-8-10-12-13-11-9-7-5-3-1/h1-12H,13H2/b3-1-,4-2+,7-5+,8-6-,11-9+,12-10?. The maximum absolute atomic E-state index is 2.12. The second kappa shape index (κ2) is 7.11. The second-order valence-corrected chi connectivity index (χ2v) is 2.63. The van der Waals surface area contributed by atoms with Gasteiger partial charge >= 0.3 is 0 Å². The monoisotopic (exact) mass is 170 g/mol. The first-order valence-corrected chi connectivity index (χ1v) is 4.48. The van der Waals surface area contributed by atoms with Crippen LogP contribution in [0.2, 0.25) is 0 Å². The predicted molar refractivity (Wildman–Crippen MR) is 59.5 cm³/mol. The van der Waals surface area contributed by atoms with E-state index in [1.165, 1.54) is 0 Å². The lowest BCUT2D eigenvalue weighted by Gasteiger charge is -1.77. The molecule has 0 bridgehead atoms. The summed E-state index contributed by atoms with van der Waals surface area (Å²) in [5, 5.41) is 0. The zero-order chi connectivity index (χ0) is 9.19. The van der Waals surface area contributed by atoms with E-state index in [0.29, 0.717) is 0 Å². The Morgan fingerprint density at radius 1 is 0.385 bits per heavy atom. The van der Waals surface area contributed by atoms with Gasteiger partial charge in [-0.25, -0.2) is 0 Å². The van der Waals surface area contributed by atoms with Crippen molar-refractivity contribution in [3.05, 3.63) is 72.9 Å². The Balaban J connectivity index is 2.62. The Kier molecular flexibility index (Phi) is 5.21. The topological polar surface area (TPSA) is 0 Å². The Hall–Kier alpha value is -1.56. The maximum atomic E-state index is 2.12. The summed E-state index contributed by atoms with van der Waals surface area (Å²) in [5.74, 6) is 0. The minimum Gasteiger partial charge on any atom is -0.0807 e. The van der Waals surface area contributed by atoms with Crippen LogP contribution in [-0.4, -0.2) is 0 Å². The van der Waals surface area contributed by atoms with E-state index in [0.717, 1.165) is 6.42 Å². The zero-order valence-corrected chi connectivity index (χ0v) is 7.64. The van der Waals surface area contributed by atoms with E-state index < -0.39 is 0 Å². The Bertz CT molecular complexity index is 253. The predicted octanol–water partition coefficient (Wildman–Crippen LogP) is 3.73. The highest BCUT2D eigenvalue weighted by Crippen LogP contribution is 1.90. The van der Waals surface area contributed by atoms with E-state index in [1.54, 1.807) is 0 Å². The van der Waals surface area contributed by atoms with Crippen LogP contribution < -0.4 is 0 Å². The quantitative estimate of drug-likeness (QED) is 0.519. The molecule has 0 unspecified atom stereocenters. The first-order valence-electron chi connectivity index (χ1n) is 4.48. The van der Waals surface area contributed by atoms with Gasteiger partial charge in [0.1, 0.15) is 0 Å². The summed E-state index contributed by atoms with van der Waals surface area (Å²) in [6.45, 7) is 0. The van der Waals surface area contributed by atoms with Crippen molar-refractivity contribution in [2.75, 3.05) is 0 Å². The van der Waals surface area contributed by atoms with Crippen LogP contribution >= 0.6 is 0 Å². The molecule has 0 N–H and O–H groups in total. The largest absolute Gasteiger partial charge is 0.0807 e. The maximum Gasteiger partial charge on any atom is -0.0163 e. The fourth-order valence-electron chi connectivity index (χ4n) is 0.906. The fourth-order valence-corrected chi connectivity index (χ4v) is 0.906. The SMILES string of the molecule is C1=CC/C=C/C=C/C=C\C=C\C=C/1. The van der Waals surface area contributed by atoms with E-state index in [2.05, 4.69) is 24.3 Å². The van der Waals surface area contributed by atoms with Gasteiger partial charge in [-0.1, -0.05) is 72.9 Å². The van der Waals surface area contributed by atoms with E-state index >= 15 is 0 Å². The highest BCUT2D eigenvalue weighted by Gasteiger charge is 1.69. The zero-order valence-electron chi connectivity index (χ0n) is 7.64. The lowest BCUT2D eigenvalue weighted by atomic mass is 10.3. The van der Waals surface area contributed by atoms with Crippen LogP contribution in [0.25, 0.3) is 0 Å². The van der Waals surface area contributed by atoms with Crippen molar-refractivity contribution in [3.63, 3.8) is 0 Å². The summed E-state index contributed by atoms with van der Waals surface area (Å²) < 4.78 is 0. The Morgan fingerprint density at radius 3 is 1.08 bits per heavy atom. The highest BCUT2D eigenvalue weighted by molar-refractivity contribution is 5.20. The third-order valence-corrected chi connectivity index (χ3v) is 1.54. The minimum atomic E-state index is 0.988. The fraction of sp³-hybridized carbons (Fsp3) is 0.0769. The molecule has 0 aromatic carbocycles. The van der Waals surface area contributed by atoms with E-state index in [1.807, 2.05) is 48.6 Å². The van der Waals surface area contributed by atoms with Crippen molar-refractivity contribution in [1.29, 1.82) is 0 Å².